The summed E-state index contributed by atoms with van der Waals surface area (Å²) >= 11 is 0. The molecule has 0 radical (unpaired) electrons. The number of nitrogens with one attached hydrogen (secondary N) is 1. The monoisotopic (exact) mass is 290 g/mol. The largest absolute Gasteiger partial charge is 0.338 e. The molecule has 2 amide bonds. The van der Waals surface area contributed by atoms with Gasteiger partial charge in [0.2, 0.25) is 0 Å². The molecule has 116 valence electrons. The highest BCUT2D eigenvalue weighted by Gasteiger charge is 2.30. The van der Waals surface area contributed by atoms with Gasteiger partial charge in [0.1, 0.15) is 5.82 Å². The fourth-order valence-electron chi connectivity index (χ4n) is 3.50. The fraction of sp³-hybridized carbons (Fsp3) is 0.750. The minimum Gasteiger partial charge on any atom is -0.338 e. The Balaban J connectivity index is 1.67. The highest BCUT2D eigenvalue weighted by molar-refractivity contribution is 5.74. The molecule has 0 aromatic carbocycles. The van der Waals surface area contributed by atoms with Crippen molar-refractivity contribution >= 4 is 6.03 Å². The Labute approximate surface area is 126 Å². The number of rotatable bonds is 3. The lowest BCUT2D eigenvalue weighted by molar-refractivity contribution is 0.170. The van der Waals surface area contributed by atoms with Crippen LogP contribution in [0, 0.1) is 6.92 Å². The molecule has 1 aliphatic carbocycles. The predicted molar refractivity (Wildman–Crippen MR) is 82.5 cm³/mol. The number of carbonyl (C=O) groups is 1. The van der Waals surface area contributed by atoms with Crippen LogP contribution in [0.5, 0.6) is 0 Å². The Kier molecular flexibility index (Phi) is 4.17. The van der Waals surface area contributed by atoms with Crippen LogP contribution in [0.15, 0.2) is 6.20 Å². The van der Waals surface area contributed by atoms with Crippen LogP contribution >= 0.6 is 0 Å². The smallest absolute Gasteiger partial charge is 0.317 e. The van der Waals surface area contributed by atoms with Gasteiger partial charge in [-0.05, 0) is 39.5 Å². The number of aromatic nitrogens is 2. The third-order valence-corrected chi connectivity index (χ3v) is 4.93. The number of imidazole rings is 1. The van der Waals surface area contributed by atoms with E-state index in [1.165, 1.54) is 30.8 Å². The topological polar surface area (TPSA) is 50.2 Å². The summed E-state index contributed by atoms with van der Waals surface area (Å²) in [4.78, 5) is 18.5. The van der Waals surface area contributed by atoms with Crippen molar-refractivity contribution in [3.05, 3.63) is 17.7 Å². The van der Waals surface area contributed by atoms with Crippen molar-refractivity contribution in [2.45, 2.75) is 57.9 Å². The zero-order chi connectivity index (χ0) is 14.8. The minimum absolute atomic E-state index is 0.0810. The molecule has 1 N–H and O–H groups in total. The highest BCUT2D eigenvalue weighted by atomic mass is 16.2. The number of aryl methyl sites for hydroxylation is 1. The van der Waals surface area contributed by atoms with Gasteiger partial charge < -0.3 is 14.8 Å². The Bertz CT molecular complexity index is 498. The average Bonchev–Trinajstić information content (AvgIpc) is 2.79. The van der Waals surface area contributed by atoms with Crippen LogP contribution in [0.3, 0.4) is 0 Å². The van der Waals surface area contributed by atoms with Crippen molar-refractivity contribution in [3.63, 3.8) is 0 Å². The summed E-state index contributed by atoms with van der Waals surface area (Å²) < 4.78 is 2.46. The van der Waals surface area contributed by atoms with Crippen molar-refractivity contribution in [2.24, 2.45) is 0 Å². The number of urea groups is 1. The number of nitrogens with zero attached hydrogens (tertiary/aromatic N) is 3. The molecule has 0 atom stereocenters. The summed E-state index contributed by atoms with van der Waals surface area (Å²) in [5, 5.41) is 2.89. The van der Waals surface area contributed by atoms with Gasteiger partial charge in [-0.1, -0.05) is 6.42 Å². The summed E-state index contributed by atoms with van der Waals surface area (Å²) in [6.07, 6.45) is 8.00. The van der Waals surface area contributed by atoms with E-state index in [0.29, 0.717) is 18.5 Å². The summed E-state index contributed by atoms with van der Waals surface area (Å²) in [5.41, 5.74) is 1.27. The van der Waals surface area contributed by atoms with Gasteiger partial charge in [0.25, 0.3) is 0 Å². The average molecular weight is 290 g/mol. The van der Waals surface area contributed by atoms with E-state index >= 15 is 0 Å². The van der Waals surface area contributed by atoms with Crippen molar-refractivity contribution < 1.29 is 4.79 Å². The van der Waals surface area contributed by atoms with Gasteiger partial charge in [-0.25, -0.2) is 9.78 Å². The maximum atomic E-state index is 11.9. The lowest BCUT2D eigenvalue weighted by Gasteiger charge is -2.35. The normalized spacial score (nSPS) is 20.4. The molecule has 0 bridgehead atoms. The van der Waals surface area contributed by atoms with E-state index in [0.717, 1.165) is 25.9 Å². The van der Waals surface area contributed by atoms with Crippen LogP contribution in [0.1, 0.15) is 62.5 Å². The molecule has 5 heteroatoms. The van der Waals surface area contributed by atoms with Crippen molar-refractivity contribution in [3.8, 4) is 0 Å². The molecule has 21 heavy (non-hydrogen) atoms. The van der Waals surface area contributed by atoms with E-state index in [1.54, 1.807) is 0 Å². The Morgan fingerprint density at radius 1 is 1.33 bits per heavy atom. The standard InChI is InChI=1S/C16H26N4O/c1-3-17-16(21)19-9-7-14(8-10-19)20-12(2)11-18-15(20)13-5-4-6-13/h11,13-14H,3-10H2,1-2H3,(H,17,21). The van der Waals surface area contributed by atoms with E-state index < -0.39 is 0 Å². The zero-order valence-electron chi connectivity index (χ0n) is 13.1. The zero-order valence-corrected chi connectivity index (χ0v) is 13.1. The SMILES string of the molecule is CCNC(=O)N1CCC(n2c(C)cnc2C2CCC2)CC1. The number of hydrogen-bond acceptors (Lipinski definition) is 2. The molecule has 2 aliphatic rings. The second-order valence-corrected chi connectivity index (χ2v) is 6.31. The minimum atomic E-state index is 0.0810. The van der Waals surface area contributed by atoms with Crippen molar-refractivity contribution in [1.29, 1.82) is 0 Å². The number of hydrogen-bond donors (Lipinski definition) is 1. The van der Waals surface area contributed by atoms with Gasteiger partial charge >= 0.3 is 6.03 Å². The molecule has 3 rings (SSSR count). The Morgan fingerprint density at radius 3 is 2.62 bits per heavy atom. The first-order valence-corrected chi connectivity index (χ1v) is 8.27. The molecule has 1 aliphatic heterocycles. The number of carbonyl (C=O) groups excluding carboxylic acids is 1. The number of likely N-dealkylation sites (tertiary alicyclic amines) is 1. The second-order valence-electron chi connectivity index (χ2n) is 6.31. The summed E-state index contributed by atoms with van der Waals surface area (Å²) in [6, 6.07) is 0.589. The molecular weight excluding hydrogens is 264 g/mol. The quantitative estimate of drug-likeness (QED) is 0.930. The molecule has 1 aromatic rings. The Hall–Kier alpha value is -1.52. The van der Waals surface area contributed by atoms with Crippen molar-refractivity contribution in [2.75, 3.05) is 19.6 Å². The first kappa shape index (κ1) is 14.4. The Morgan fingerprint density at radius 2 is 2.05 bits per heavy atom. The van der Waals surface area contributed by atoms with E-state index in [-0.39, 0.29) is 6.03 Å². The number of piperidine rings is 1. The van der Waals surface area contributed by atoms with E-state index in [1.807, 2.05) is 18.0 Å². The lowest BCUT2D eigenvalue weighted by atomic mass is 9.84. The maximum Gasteiger partial charge on any atom is 0.317 e. The van der Waals surface area contributed by atoms with Gasteiger partial charge in [-0.3, -0.25) is 0 Å². The molecule has 1 saturated heterocycles. The maximum absolute atomic E-state index is 11.9. The molecule has 2 heterocycles. The third kappa shape index (κ3) is 2.78. The van der Waals surface area contributed by atoms with Crippen LogP contribution in [-0.4, -0.2) is 40.1 Å². The first-order valence-electron chi connectivity index (χ1n) is 8.27. The van der Waals surface area contributed by atoms with Crippen LogP contribution in [0.25, 0.3) is 0 Å². The summed E-state index contributed by atoms with van der Waals surface area (Å²) in [6.45, 7) is 6.51. The second kappa shape index (κ2) is 6.08. The molecule has 0 spiro atoms. The summed E-state index contributed by atoms with van der Waals surface area (Å²) in [5.74, 6) is 1.95. The van der Waals surface area contributed by atoms with Gasteiger partial charge in [0.15, 0.2) is 0 Å². The van der Waals surface area contributed by atoms with Crippen LogP contribution in [-0.2, 0) is 0 Å². The number of amides is 2. The van der Waals surface area contributed by atoms with Crippen LogP contribution < -0.4 is 5.32 Å². The molecule has 1 saturated carbocycles. The van der Waals surface area contributed by atoms with Gasteiger partial charge in [-0.15, -0.1) is 0 Å². The molecule has 0 unspecified atom stereocenters. The van der Waals surface area contributed by atoms with E-state index in [2.05, 4.69) is 21.8 Å². The van der Waals surface area contributed by atoms with Crippen molar-refractivity contribution in [1.82, 2.24) is 19.8 Å². The third-order valence-electron chi connectivity index (χ3n) is 4.93. The molecule has 2 fully saturated rings. The lowest BCUT2D eigenvalue weighted by Crippen LogP contribution is -2.44. The molecule has 1 aromatic heterocycles. The highest BCUT2D eigenvalue weighted by Crippen LogP contribution is 2.38. The van der Waals surface area contributed by atoms with Crippen LogP contribution in [0.4, 0.5) is 4.79 Å². The predicted octanol–water partition coefficient (Wildman–Crippen LogP) is 2.83. The van der Waals surface area contributed by atoms with Crippen LogP contribution in [0.2, 0.25) is 0 Å². The van der Waals surface area contributed by atoms with Gasteiger partial charge in [-0.2, -0.15) is 0 Å². The fourth-order valence-corrected chi connectivity index (χ4v) is 3.50. The van der Waals surface area contributed by atoms with E-state index in [9.17, 15) is 4.79 Å². The summed E-state index contributed by atoms with van der Waals surface area (Å²) in [7, 11) is 0. The molecular formula is C16H26N4O. The molecule has 5 nitrogen and oxygen atoms in total. The van der Waals surface area contributed by atoms with Gasteiger partial charge in [0.05, 0.1) is 0 Å². The van der Waals surface area contributed by atoms with Gasteiger partial charge in [0, 0.05) is 43.5 Å². The first-order chi connectivity index (χ1) is 10.2. The van der Waals surface area contributed by atoms with E-state index in [4.69, 9.17) is 0 Å².